The van der Waals surface area contributed by atoms with Crippen molar-refractivity contribution >= 4 is 0 Å². The van der Waals surface area contributed by atoms with Crippen LogP contribution in [0.2, 0.25) is 0 Å². The van der Waals surface area contributed by atoms with Crippen LogP contribution in [0.3, 0.4) is 0 Å². The van der Waals surface area contributed by atoms with Gasteiger partial charge in [-0.1, -0.05) is 97.8 Å². The highest BCUT2D eigenvalue weighted by Gasteiger charge is 2.30. The Morgan fingerprint density at radius 3 is 1.67 bits per heavy atom. The van der Waals surface area contributed by atoms with Crippen LogP contribution in [-0.4, -0.2) is 15.2 Å². The number of hydrogen-bond acceptors (Lipinski definition) is 2. The Labute approximate surface area is 150 Å². The summed E-state index contributed by atoms with van der Waals surface area (Å²) in [6.07, 6.45) is 22.1. The first-order valence-corrected chi connectivity index (χ1v) is 10.6. The van der Waals surface area contributed by atoms with E-state index in [0.29, 0.717) is 0 Å². The van der Waals surface area contributed by atoms with E-state index in [4.69, 9.17) is 0 Å². The zero-order chi connectivity index (χ0) is 17.5. The number of nitrogens with one attached hydrogen (secondary N) is 1. The van der Waals surface area contributed by atoms with Crippen LogP contribution < -0.4 is 0 Å². The molecule has 1 N–H and O–H groups in total. The molecule has 3 nitrogen and oxygen atoms in total. The van der Waals surface area contributed by atoms with Gasteiger partial charge in [0.25, 0.3) is 0 Å². The lowest BCUT2D eigenvalue weighted by atomic mass is 9.77. The Morgan fingerprint density at radius 2 is 1.25 bits per heavy atom. The van der Waals surface area contributed by atoms with Crippen molar-refractivity contribution in [3.05, 3.63) is 12.2 Å². The van der Waals surface area contributed by atoms with Gasteiger partial charge in [0.2, 0.25) is 0 Å². The van der Waals surface area contributed by atoms with E-state index in [9.17, 15) is 0 Å². The molecule has 0 fully saturated rings. The lowest BCUT2D eigenvalue weighted by Gasteiger charge is -2.29. The minimum absolute atomic E-state index is 0.217. The molecular formula is C21H41N3. The number of aromatic nitrogens is 3. The second-order valence-electron chi connectivity index (χ2n) is 7.46. The molecule has 0 aliphatic heterocycles. The minimum atomic E-state index is 0.217. The fourth-order valence-corrected chi connectivity index (χ4v) is 3.82. The molecule has 0 aliphatic rings. The van der Waals surface area contributed by atoms with Gasteiger partial charge in [0, 0.05) is 5.41 Å². The average Bonchev–Trinajstić information content (AvgIpc) is 3.15. The molecule has 0 radical (unpaired) electrons. The maximum absolute atomic E-state index is 4.44. The van der Waals surface area contributed by atoms with E-state index < -0.39 is 0 Å². The molecule has 0 unspecified atom stereocenters. The van der Waals surface area contributed by atoms with Gasteiger partial charge < -0.3 is 0 Å². The fourth-order valence-electron chi connectivity index (χ4n) is 3.82. The van der Waals surface area contributed by atoms with Gasteiger partial charge in [0.05, 0.1) is 0 Å². The first-order valence-electron chi connectivity index (χ1n) is 10.6. The van der Waals surface area contributed by atoms with Gasteiger partial charge in [-0.3, -0.25) is 5.10 Å². The van der Waals surface area contributed by atoms with Crippen molar-refractivity contribution in [1.29, 1.82) is 0 Å². The topological polar surface area (TPSA) is 41.6 Å². The van der Waals surface area contributed by atoms with E-state index in [-0.39, 0.29) is 5.41 Å². The fraction of sp³-hybridized carbons (Fsp3) is 0.905. The van der Waals surface area contributed by atoms with Crippen LogP contribution in [0.1, 0.15) is 123 Å². The summed E-state index contributed by atoms with van der Waals surface area (Å²) in [4.78, 5) is 4.44. The van der Waals surface area contributed by atoms with Gasteiger partial charge in [0.1, 0.15) is 12.2 Å². The summed E-state index contributed by atoms with van der Waals surface area (Å²) in [6, 6.07) is 0. The van der Waals surface area contributed by atoms with E-state index in [1.807, 2.05) is 0 Å². The van der Waals surface area contributed by atoms with E-state index in [1.165, 1.54) is 83.5 Å². The van der Waals surface area contributed by atoms with E-state index in [0.717, 1.165) is 18.7 Å². The van der Waals surface area contributed by atoms with Crippen molar-refractivity contribution in [2.45, 2.75) is 122 Å². The first kappa shape index (κ1) is 21.2. The molecule has 1 heterocycles. The maximum Gasteiger partial charge on any atom is 0.137 e. The summed E-state index contributed by atoms with van der Waals surface area (Å²) in [5, 5.41) is 7.17. The summed E-state index contributed by atoms with van der Waals surface area (Å²) < 4.78 is 0. The highest BCUT2D eigenvalue weighted by molar-refractivity contribution is 5.05. The summed E-state index contributed by atoms with van der Waals surface area (Å²) in [7, 11) is 0. The van der Waals surface area contributed by atoms with Crippen molar-refractivity contribution in [3.8, 4) is 0 Å². The molecule has 1 rings (SSSR count). The number of unbranched alkanes of at least 4 members (excludes halogenated alkanes) is 11. The van der Waals surface area contributed by atoms with Crippen LogP contribution >= 0.6 is 0 Å². The zero-order valence-electron chi connectivity index (χ0n) is 16.6. The molecular weight excluding hydrogens is 294 g/mol. The second-order valence-corrected chi connectivity index (χ2v) is 7.46. The number of rotatable bonds is 16. The molecule has 0 saturated heterocycles. The van der Waals surface area contributed by atoms with Crippen LogP contribution in [0, 0.1) is 0 Å². The molecule has 0 amide bonds. The molecule has 24 heavy (non-hydrogen) atoms. The maximum atomic E-state index is 4.44. The third kappa shape index (κ3) is 7.81. The minimum Gasteiger partial charge on any atom is -0.263 e. The predicted molar refractivity (Wildman–Crippen MR) is 104 cm³/mol. The van der Waals surface area contributed by atoms with Crippen LogP contribution in [0.4, 0.5) is 0 Å². The van der Waals surface area contributed by atoms with Gasteiger partial charge in [-0.15, -0.1) is 0 Å². The average molecular weight is 336 g/mol. The molecule has 0 saturated carbocycles. The smallest absolute Gasteiger partial charge is 0.137 e. The quantitative estimate of drug-likeness (QED) is 0.332. The predicted octanol–water partition coefficient (Wildman–Crippen LogP) is 6.95. The molecule has 0 aliphatic carbocycles. The molecule has 0 bridgehead atoms. The van der Waals surface area contributed by atoms with Crippen molar-refractivity contribution in [3.63, 3.8) is 0 Å². The van der Waals surface area contributed by atoms with Crippen molar-refractivity contribution < 1.29 is 0 Å². The van der Waals surface area contributed by atoms with Crippen molar-refractivity contribution in [2.75, 3.05) is 0 Å². The van der Waals surface area contributed by atoms with Gasteiger partial charge in [0.15, 0.2) is 0 Å². The molecule has 3 heteroatoms. The molecule has 0 aromatic carbocycles. The van der Waals surface area contributed by atoms with Gasteiger partial charge >= 0.3 is 0 Å². The monoisotopic (exact) mass is 335 g/mol. The van der Waals surface area contributed by atoms with Crippen LogP contribution in [-0.2, 0) is 5.41 Å². The highest BCUT2D eigenvalue weighted by Crippen LogP contribution is 2.34. The standard InChI is InChI=1S/C21H41N3/c1-4-7-8-9-10-11-12-13-14-15-16-17-18-21(5-2,6-3)20-22-19-23-24-20/h19H,4-18H2,1-3H3,(H,22,23,24). The Kier molecular flexibility index (Phi) is 11.9. The van der Waals surface area contributed by atoms with Gasteiger partial charge in [-0.05, 0) is 19.3 Å². The zero-order valence-corrected chi connectivity index (χ0v) is 16.6. The van der Waals surface area contributed by atoms with Crippen molar-refractivity contribution in [2.24, 2.45) is 0 Å². The number of hydrogen-bond donors (Lipinski definition) is 1. The number of H-pyrrole nitrogens is 1. The summed E-state index contributed by atoms with van der Waals surface area (Å²) in [5.74, 6) is 1.09. The lowest BCUT2D eigenvalue weighted by Crippen LogP contribution is -2.26. The summed E-state index contributed by atoms with van der Waals surface area (Å²) in [5.41, 5.74) is 0.217. The van der Waals surface area contributed by atoms with E-state index in [2.05, 4.69) is 36.0 Å². The largest absolute Gasteiger partial charge is 0.263 e. The third-order valence-electron chi connectivity index (χ3n) is 5.78. The van der Waals surface area contributed by atoms with E-state index >= 15 is 0 Å². The normalized spacial score (nSPS) is 12.0. The first-order chi connectivity index (χ1) is 11.8. The van der Waals surface area contributed by atoms with Crippen LogP contribution in [0.15, 0.2) is 6.33 Å². The van der Waals surface area contributed by atoms with Gasteiger partial charge in [-0.25, -0.2) is 4.98 Å². The molecule has 0 spiro atoms. The van der Waals surface area contributed by atoms with Crippen LogP contribution in [0.5, 0.6) is 0 Å². The van der Waals surface area contributed by atoms with E-state index in [1.54, 1.807) is 6.33 Å². The molecule has 1 aromatic heterocycles. The Bertz CT molecular complexity index is 368. The Hall–Kier alpha value is -0.860. The summed E-state index contributed by atoms with van der Waals surface area (Å²) in [6.45, 7) is 6.86. The van der Waals surface area contributed by atoms with Crippen molar-refractivity contribution in [1.82, 2.24) is 15.2 Å². The molecule has 140 valence electrons. The second kappa shape index (κ2) is 13.4. The summed E-state index contributed by atoms with van der Waals surface area (Å²) >= 11 is 0. The van der Waals surface area contributed by atoms with Crippen LogP contribution in [0.25, 0.3) is 0 Å². The Morgan fingerprint density at radius 1 is 0.750 bits per heavy atom. The molecule has 0 atom stereocenters. The Balaban J connectivity index is 2.03. The SMILES string of the molecule is CCCCCCCCCCCCCCC(CC)(CC)c1ncn[nH]1. The number of nitrogens with zero attached hydrogens (tertiary/aromatic N) is 2. The third-order valence-corrected chi connectivity index (χ3v) is 5.78. The highest BCUT2D eigenvalue weighted by atomic mass is 15.2. The molecule has 1 aromatic rings. The van der Waals surface area contributed by atoms with Gasteiger partial charge in [-0.2, -0.15) is 5.10 Å². The number of aromatic amines is 1. The lowest BCUT2D eigenvalue weighted by molar-refractivity contribution is 0.330.